The Morgan fingerprint density at radius 1 is 1.28 bits per heavy atom. The number of anilines is 1. The average molecular weight is 269 g/mol. The zero-order chi connectivity index (χ0) is 13.4. The molecule has 1 aromatic carbocycles. The highest BCUT2D eigenvalue weighted by atomic mass is 32.2. The predicted molar refractivity (Wildman–Crippen MR) is 67.5 cm³/mol. The van der Waals surface area contributed by atoms with Gasteiger partial charge in [0.05, 0.1) is 10.4 Å². The fourth-order valence-electron chi connectivity index (χ4n) is 1.45. The summed E-state index contributed by atoms with van der Waals surface area (Å²) in [5.74, 6) is -0.230. The van der Waals surface area contributed by atoms with Gasteiger partial charge < -0.3 is 11.1 Å². The first-order valence-electron chi connectivity index (χ1n) is 5.51. The number of nitrogens with two attached hydrogens (primary N) is 1. The maximum atomic E-state index is 11.7. The highest BCUT2D eigenvalue weighted by Crippen LogP contribution is 2.33. The molecule has 0 saturated heterocycles. The molecule has 0 bridgehead atoms. The van der Waals surface area contributed by atoms with E-state index in [1.54, 1.807) is 0 Å². The van der Waals surface area contributed by atoms with Crippen LogP contribution < -0.4 is 15.8 Å². The Bertz CT molecular complexity index is 562. The van der Waals surface area contributed by atoms with E-state index >= 15 is 0 Å². The van der Waals surface area contributed by atoms with Crippen LogP contribution in [0.3, 0.4) is 0 Å². The van der Waals surface area contributed by atoms with Gasteiger partial charge in [-0.3, -0.25) is 4.79 Å². The smallest absolute Gasteiger partial charge is 0.244 e. The van der Waals surface area contributed by atoms with E-state index in [2.05, 4.69) is 10.0 Å². The van der Waals surface area contributed by atoms with Crippen LogP contribution >= 0.6 is 0 Å². The molecule has 1 fully saturated rings. The summed E-state index contributed by atoms with van der Waals surface area (Å²) in [6.45, 7) is 0. The Morgan fingerprint density at radius 2 is 1.83 bits per heavy atom. The van der Waals surface area contributed by atoms with Crippen molar-refractivity contribution in [2.24, 2.45) is 5.73 Å². The summed E-state index contributed by atoms with van der Waals surface area (Å²) in [5, 5.41) is 2.66. The Kier molecular flexibility index (Phi) is 3.14. The SMILES string of the molecule is CNS(=O)(=O)c1ccc(NC(=O)C2(N)CC2)cc1. The van der Waals surface area contributed by atoms with Crippen LogP contribution in [0.25, 0.3) is 0 Å². The maximum absolute atomic E-state index is 11.7. The fourth-order valence-corrected chi connectivity index (χ4v) is 2.18. The van der Waals surface area contributed by atoms with Crippen LogP contribution in [0.15, 0.2) is 29.2 Å². The molecule has 1 aromatic rings. The van der Waals surface area contributed by atoms with Crippen LogP contribution in [0.1, 0.15) is 12.8 Å². The largest absolute Gasteiger partial charge is 0.324 e. The average Bonchev–Trinajstić information content (AvgIpc) is 3.09. The molecular weight excluding hydrogens is 254 g/mol. The van der Waals surface area contributed by atoms with Crippen molar-refractivity contribution in [2.45, 2.75) is 23.3 Å². The van der Waals surface area contributed by atoms with Gasteiger partial charge in [-0.15, -0.1) is 0 Å². The first kappa shape index (κ1) is 13.0. The number of sulfonamides is 1. The molecule has 98 valence electrons. The van der Waals surface area contributed by atoms with Crippen LogP contribution in [0, 0.1) is 0 Å². The lowest BCUT2D eigenvalue weighted by molar-refractivity contribution is -0.118. The number of amides is 1. The lowest BCUT2D eigenvalue weighted by atomic mass is 10.2. The summed E-state index contributed by atoms with van der Waals surface area (Å²) in [6, 6.07) is 5.93. The van der Waals surface area contributed by atoms with Gasteiger partial charge in [0.25, 0.3) is 0 Å². The second-order valence-corrected chi connectivity index (χ2v) is 6.23. The van der Waals surface area contributed by atoms with Gasteiger partial charge in [-0.25, -0.2) is 13.1 Å². The lowest BCUT2D eigenvalue weighted by Gasteiger charge is -2.10. The summed E-state index contributed by atoms with van der Waals surface area (Å²) >= 11 is 0. The Hall–Kier alpha value is -1.44. The van der Waals surface area contributed by atoms with Crippen molar-refractivity contribution in [1.82, 2.24) is 4.72 Å². The standard InChI is InChI=1S/C11H15N3O3S/c1-13-18(16,17)9-4-2-8(3-5-9)14-10(15)11(12)6-7-11/h2-5,13H,6-7,12H2,1H3,(H,14,15). The number of nitrogens with one attached hydrogen (secondary N) is 2. The number of benzene rings is 1. The molecule has 0 aromatic heterocycles. The number of carbonyl (C=O) groups excluding carboxylic acids is 1. The number of hydrogen-bond acceptors (Lipinski definition) is 4. The van der Waals surface area contributed by atoms with Gasteiger partial charge in [0, 0.05) is 5.69 Å². The minimum absolute atomic E-state index is 0.150. The molecule has 1 amide bonds. The Labute approximate surface area is 106 Å². The first-order valence-corrected chi connectivity index (χ1v) is 7.00. The third-order valence-electron chi connectivity index (χ3n) is 2.93. The summed E-state index contributed by atoms with van der Waals surface area (Å²) in [5.41, 5.74) is 5.53. The molecule has 0 unspecified atom stereocenters. The van der Waals surface area contributed by atoms with Crippen LogP contribution in [0.4, 0.5) is 5.69 Å². The zero-order valence-electron chi connectivity index (χ0n) is 9.93. The molecular formula is C11H15N3O3S. The second-order valence-electron chi connectivity index (χ2n) is 4.34. The van der Waals surface area contributed by atoms with Crippen molar-refractivity contribution < 1.29 is 13.2 Å². The Morgan fingerprint density at radius 3 is 2.28 bits per heavy atom. The van der Waals surface area contributed by atoms with E-state index in [1.165, 1.54) is 31.3 Å². The number of rotatable bonds is 4. The van der Waals surface area contributed by atoms with E-state index in [0.717, 1.165) is 0 Å². The van der Waals surface area contributed by atoms with E-state index in [-0.39, 0.29) is 10.8 Å². The number of carbonyl (C=O) groups is 1. The monoisotopic (exact) mass is 269 g/mol. The Balaban J connectivity index is 2.11. The van der Waals surface area contributed by atoms with Crippen molar-refractivity contribution in [3.05, 3.63) is 24.3 Å². The molecule has 1 saturated carbocycles. The van der Waals surface area contributed by atoms with Crippen molar-refractivity contribution in [2.75, 3.05) is 12.4 Å². The van der Waals surface area contributed by atoms with Gasteiger partial charge in [0.15, 0.2) is 0 Å². The van der Waals surface area contributed by atoms with Crippen LogP contribution in [-0.4, -0.2) is 26.9 Å². The molecule has 1 aliphatic rings. The maximum Gasteiger partial charge on any atom is 0.244 e. The second kappa shape index (κ2) is 4.34. The molecule has 0 spiro atoms. The molecule has 0 heterocycles. The third kappa shape index (κ3) is 2.53. The summed E-state index contributed by atoms with van der Waals surface area (Å²) < 4.78 is 25.2. The van der Waals surface area contributed by atoms with Crippen LogP contribution in [0.2, 0.25) is 0 Å². The van der Waals surface area contributed by atoms with Gasteiger partial charge in [-0.2, -0.15) is 0 Å². The summed E-state index contributed by atoms with van der Waals surface area (Å²) in [6.07, 6.45) is 1.37. The fraction of sp³-hybridized carbons (Fsp3) is 0.364. The van der Waals surface area contributed by atoms with Crippen molar-refractivity contribution >= 4 is 21.6 Å². The van der Waals surface area contributed by atoms with Gasteiger partial charge in [-0.05, 0) is 44.2 Å². The third-order valence-corrected chi connectivity index (χ3v) is 4.36. The first-order chi connectivity index (χ1) is 8.37. The molecule has 0 radical (unpaired) electrons. The lowest BCUT2D eigenvalue weighted by Crippen LogP contribution is -2.37. The molecule has 18 heavy (non-hydrogen) atoms. The predicted octanol–water partition coefficient (Wildman–Crippen LogP) is 0.0245. The van der Waals surface area contributed by atoms with E-state index in [9.17, 15) is 13.2 Å². The van der Waals surface area contributed by atoms with E-state index in [0.29, 0.717) is 18.5 Å². The minimum Gasteiger partial charge on any atom is -0.324 e. The quantitative estimate of drug-likeness (QED) is 0.717. The zero-order valence-corrected chi connectivity index (χ0v) is 10.8. The molecule has 0 aliphatic heterocycles. The van der Waals surface area contributed by atoms with Gasteiger partial charge in [0.2, 0.25) is 15.9 Å². The molecule has 6 nitrogen and oxygen atoms in total. The summed E-state index contributed by atoms with van der Waals surface area (Å²) in [4.78, 5) is 11.8. The van der Waals surface area contributed by atoms with Gasteiger partial charge in [-0.1, -0.05) is 0 Å². The van der Waals surface area contributed by atoms with Crippen LogP contribution in [-0.2, 0) is 14.8 Å². The van der Waals surface area contributed by atoms with E-state index in [4.69, 9.17) is 5.73 Å². The molecule has 4 N–H and O–H groups in total. The van der Waals surface area contributed by atoms with Crippen molar-refractivity contribution in [3.8, 4) is 0 Å². The number of hydrogen-bond donors (Lipinski definition) is 3. The van der Waals surface area contributed by atoms with Gasteiger partial charge >= 0.3 is 0 Å². The topological polar surface area (TPSA) is 101 Å². The highest BCUT2D eigenvalue weighted by molar-refractivity contribution is 7.89. The van der Waals surface area contributed by atoms with E-state index in [1.807, 2.05) is 0 Å². The van der Waals surface area contributed by atoms with Crippen molar-refractivity contribution in [3.63, 3.8) is 0 Å². The van der Waals surface area contributed by atoms with Gasteiger partial charge in [0.1, 0.15) is 0 Å². The summed E-state index contributed by atoms with van der Waals surface area (Å²) in [7, 11) is -2.10. The normalized spacial score (nSPS) is 17.2. The highest BCUT2D eigenvalue weighted by Gasteiger charge is 2.45. The minimum atomic E-state index is -3.45. The molecule has 0 atom stereocenters. The van der Waals surface area contributed by atoms with Crippen LogP contribution in [0.5, 0.6) is 0 Å². The molecule has 7 heteroatoms. The molecule has 2 rings (SSSR count). The van der Waals surface area contributed by atoms with E-state index < -0.39 is 15.6 Å². The molecule has 1 aliphatic carbocycles. The van der Waals surface area contributed by atoms with Crippen molar-refractivity contribution in [1.29, 1.82) is 0 Å².